The molecule has 0 amide bonds. The van der Waals surface area contributed by atoms with Gasteiger partial charge >= 0.3 is 0 Å². The summed E-state index contributed by atoms with van der Waals surface area (Å²) in [6.07, 6.45) is 1.71. The zero-order valence-corrected chi connectivity index (χ0v) is 13.0. The van der Waals surface area contributed by atoms with E-state index in [-0.39, 0.29) is 0 Å². The summed E-state index contributed by atoms with van der Waals surface area (Å²) >= 11 is 3.49. The molecular weight excluding hydrogens is 304 g/mol. The van der Waals surface area contributed by atoms with Crippen molar-refractivity contribution in [2.24, 2.45) is 0 Å². The van der Waals surface area contributed by atoms with E-state index in [9.17, 15) is 0 Å². The number of anilines is 2. The lowest BCUT2D eigenvalue weighted by molar-refractivity contribution is 0.392. The van der Waals surface area contributed by atoms with Gasteiger partial charge in [0.1, 0.15) is 0 Å². The van der Waals surface area contributed by atoms with Crippen LogP contribution >= 0.6 is 15.9 Å². The maximum atomic E-state index is 6.06. The SMILES string of the molecule is CC(CN(C)C)Nc1c(N)cnc2ccc(Br)cc12. The predicted molar refractivity (Wildman–Crippen MR) is 85.5 cm³/mol. The lowest BCUT2D eigenvalue weighted by atomic mass is 10.1. The minimum Gasteiger partial charge on any atom is -0.396 e. The summed E-state index contributed by atoms with van der Waals surface area (Å²) in [5.41, 5.74) is 8.64. The number of nitrogens with one attached hydrogen (secondary N) is 1. The average molecular weight is 323 g/mol. The number of nitrogen functional groups attached to an aromatic ring is 1. The number of aromatic nitrogens is 1. The Morgan fingerprint density at radius 2 is 2.16 bits per heavy atom. The van der Waals surface area contributed by atoms with Crippen LogP contribution in [0.4, 0.5) is 11.4 Å². The molecule has 0 fully saturated rings. The Bertz CT molecular complexity index is 578. The third-order valence-corrected chi connectivity index (χ3v) is 3.38. The number of hydrogen-bond acceptors (Lipinski definition) is 4. The van der Waals surface area contributed by atoms with Crippen molar-refractivity contribution >= 4 is 38.2 Å². The van der Waals surface area contributed by atoms with Gasteiger partial charge in [-0.05, 0) is 39.2 Å². The van der Waals surface area contributed by atoms with Gasteiger partial charge in [-0.25, -0.2) is 0 Å². The number of benzene rings is 1. The molecule has 0 spiro atoms. The van der Waals surface area contributed by atoms with Crippen molar-refractivity contribution in [3.05, 3.63) is 28.9 Å². The number of nitrogens with zero attached hydrogens (tertiary/aromatic N) is 2. The van der Waals surface area contributed by atoms with Crippen LogP contribution in [-0.4, -0.2) is 36.6 Å². The summed E-state index contributed by atoms with van der Waals surface area (Å²) < 4.78 is 1.02. The molecule has 4 nitrogen and oxygen atoms in total. The maximum absolute atomic E-state index is 6.06. The molecule has 5 heteroatoms. The Labute approximate surface area is 122 Å². The van der Waals surface area contributed by atoms with Gasteiger partial charge < -0.3 is 16.0 Å². The van der Waals surface area contributed by atoms with Crippen molar-refractivity contribution < 1.29 is 0 Å². The van der Waals surface area contributed by atoms with Crippen LogP contribution in [0.2, 0.25) is 0 Å². The molecule has 1 atom stereocenters. The molecule has 0 saturated carbocycles. The molecule has 1 unspecified atom stereocenters. The summed E-state index contributed by atoms with van der Waals surface area (Å²) in [5.74, 6) is 0. The standard InChI is InChI=1S/C14H19BrN4/c1-9(8-19(2)3)18-14-11-6-10(15)4-5-13(11)17-7-12(14)16/h4-7,9H,8,16H2,1-3H3,(H,17,18). The second-order valence-electron chi connectivity index (χ2n) is 5.06. The molecule has 2 aromatic rings. The molecule has 1 aromatic carbocycles. The first-order chi connectivity index (χ1) is 8.97. The van der Waals surface area contributed by atoms with E-state index in [1.54, 1.807) is 6.20 Å². The topological polar surface area (TPSA) is 54.2 Å². The fraction of sp³-hybridized carbons (Fsp3) is 0.357. The third kappa shape index (κ3) is 3.36. The number of nitrogens with two attached hydrogens (primary N) is 1. The Kier molecular flexibility index (Phi) is 4.27. The highest BCUT2D eigenvalue weighted by Gasteiger charge is 2.10. The quantitative estimate of drug-likeness (QED) is 0.908. The molecule has 0 aliphatic carbocycles. The summed E-state index contributed by atoms with van der Waals surface area (Å²) in [6, 6.07) is 6.32. The fourth-order valence-electron chi connectivity index (χ4n) is 2.18. The van der Waals surface area contributed by atoms with Crippen LogP contribution in [0.1, 0.15) is 6.92 Å². The van der Waals surface area contributed by atoms with Gasteiger partial charge in [0.05, 0.1) is 23.1 Å². The van der Waals surface area contributed by atoms with Crippen molar-refractivity contribution in [3.8, 4) is 0 Å². The van der Waals surface area contributed by atoms with Gasteiger partial charge in [-0.15, -0.1) is 0 Å². The van der Waals surface area contributed by atoms with E-state index in [1.807, 2.05) is 18.2 Å². The first-order valence-corrected chi connectivity index (χ1v) is 7.01. The van der Waals surface area contributed by atoms with Crippen LogP contribution in [0.25, 0.3) is 10.9 Å². The van der Waals surface area contributed by atoms with Crippen molar-refractivity contribution in [3.63, 3.8) is 0 Å². The fourth-order valence-corrected chi connectivity index (χ4v) is 2.54. The number of likely N-dealkylation sites (N-methyl/N-ethyl adjacent to an activating group) is 1. The second-order valence-corrected chi connectivity index (χ2v) is 5.97. The van der Waals surface area contributed by atoms with Crippen molar-refractivity contribution in [1.82, 2.24) is 9.88 Å². The summed E-state index contributed by atoms with van der Waals surface area (Å²) in [5, 5.41) is 4.53. The smallest absolute Gasteiger partial charge is 0.0743 e. The zero-order chi connectivity index (χ0) is 14.0. The zero-order valence-electron chi connectivity index (χ0n) is 11.4. The Morgan fingerprint density at radius 1 is 1.42 bits per heavy atom. The Morgan fingerprint density at radius 3 is 2.84 bits per heavy atom. The van der Waals surface area contributed by atoms with E-state index in [2.05, 4.69) is 52.1 Å². The molecule has 2 rings (SSSR count). The van der Waals surface area contributed by atoms with E-state index in [1.165, 1.54) is 0 Å². The Balaban J connectivity index is 2.40. The molecular formula is C14H19BrN4. The molecule has 102 valence electrons. The van der Waals surface area contributed by atoms with Gasteiger partial charge in [-0.3, -0.25) is 4.98 Å². The van der Waals surface area contributed by atoms with E-state index < -0.39 is 0 Å². The number of rotatable bonds is 4. The van der Waals surface area contributed by atoms with Gasteiger partial charge in [0.15, 0.2) is 0 Å². The minimum absolute atomic E-state index is 0.307. The highest BCUT2D eigenvalue weighted by Crippen LogP contribution is 2.30. The van der Waals surface area contributed by atoms with Gasteiger partial charge in [0, 0.05) is 22.4 Å². The second kappa shape index (κ2) is 5.75. The number of fused-ring (bicyclic) bond motifs is 1. The van der Waals surface area contributed by atoms with E-state index >= 15 is 0 Å². The first-order valence-electron chi connectivity index (χ1n) is 6.22. The molecule has 19 heavy (non-hydrogen) atoms. The maximum Gasteiger partial charge on any atom is 0.0743 e. The van der Waals surface area contributed by atoms with Crippen LogP contribution in [-0.2, 0) is 0 Å². The molecule has 0 aliphatic rings. The van der Waals surface area contributed by atoms with Gasteiger partial charge in [0.25, 0.3) is 0 Å². The van der Waals surface area contributed by atoms with Crippen LogP contribution in [0, 0.1) is 0 Å². The summed E-state index contributed by atoms with van der Waals surface area (Å²) in [7, 11) is 4.12. The largest absolute Gasteiger partial charge is 0.396 e. The molecule has 3 N–H and O–H groups in total. The predicted octanol–water partition coefficient (Wildman–Crippen LogP) is 2.94. The van der Waals surface area contributed by atoms with Gasteiger partial charge in [-0.1, -0.05) is 15.9 Å². The molecule has 1 heterocycles. The van der Waals surface area contributed by atoms with Crippen molar-refractivity contribution in [2.45, 2.75) is 13.0 Å². The van der Waals surface area contributed by atoms with Gasteiger partial charge in [0.2, 0.25) is 0 Å². The normalized spacial score (nSPS) is 12.9. The van der Waals surface area contributed by atoms with E-state index in [4.69, 9.17) is 5.73 Å². The number of hydrogen-bond donors (Lipinski definition) is 2. The van der Waals surface area contributed by atoms with E-state index in [0.717, 1.165) is 27.6 Å². The molecule has 0 saturated heterocycles. The summed E-state index contributed by atoms with van der Waals surface area (Å²) in [6.45, 7) is 3.08. The monoisotopic (exact) mass is 322 g/mol. The molecule has 0 aliphatic heterocycles. The van der Waals surface area contributed by atoms with Crippen molar-refractivity contribution in [1.29, 1.82) is 0 Å². The lowest BCUT2D eigenvalue weighted by Gasteiger charge is -2.21. The number of pyridine rings is 1. The first kappa shape index (κ1) is 14.1. The van der Waals surface area contributed by atoms with Crippen LogP contribution < -0.4 is 11.1 Å². The molecule has 1 aromatic heterocycles. The van der Waals surface area contributed by atoms with Gasteiger partial charge in [-0.2, -0.15) is 0 Å². The van der Waals surface area contributed by atoms with Crippen LogP contribution in [0.5, 0.6) is 0 Å². The summed E-state index contributed by atoms with van der Waals surface area (Å²) in [4.78, 5) is 6.50. The molecule has 0 radical (unpaired) electrons. The Hall–Kier alpha value is -1.33. The third-order valence-electron chi connectivity index (χ3n) is 2.89. The van der Waals surface area contributed by atoms with Crippen molar-refractivity contribution in [2.75, 3.05) is 31.7 Å². The lowest BCUT2D eigenvalue weighted by Crippen LogP contribution is -2.30. The minimum atomic E-state index is 0.307. The van der Waals surface area contributed by atoms with Crippen LogP contribution in [0.15, 0.2) is 28.9 Å². The highest BCUT2D eigenvalue weighted by atomic mass is 79.9. The highest BCUT2D eigenvalue weighted by molar-refractivity contribution is 9.10. The van der Waals surface area contributed by atoms with Crippen LogP contribution in [0.3, 0.4) is 0 Å². The van der Waals surface area contributed by atoms with E-state index in [0.29, 0.717) is 11.7 Å². The average Bonchev–Trinajstić information content (AvgIpc) is 2.32. The molecule has 0 bridgehead atoms. The number of halogens is 1.